The van der Waals surface area contributed by atoms with Crippen molar-refractivity contribution in [2.75, 3.05) is 6.54 Å². The van der Waals surface area contributed by atoms with Crippen LogP contribution in [0.4, 0.5) is 4.39 Å². The molecule has 0 spiro atoms. The molecule has 0 bridgehead atoms. The molecular weight excluding hydrogens is 241 g/mol. The van der Waals surface area contributed by atoms with E-state index in [0.717, 1.165) is 6.07 Å². The number of hydrogen-bond acceptors (Lipinski definition) is 3. The van der Waals surface area contributed by atoms with E-state index < -0.39 is 34.4 Å². The molecule has 1 aromatic rings. The van der Waals surface area contributed by atoms with Crippen LogP contribution in [0.5, 0.6) is 5.75 Å². The number of aromatic hydroxyl groups is 1. The van der Waals surface area contributed by atoms with Gasteiger partial charge in [0.05, 0.1) is 5.41 Å². The third kappa shape index (κ3) is 2.97. The van der Waals surface area contributed by atoms with Crippen molar-refractivity contribution in [3.63, 3.8) is 0 Å². The Morgan fingerprint density at radius 2 is 2.00 bits per heavy atom. The molecule has 0 heterocycles. The van der Waals surface area contributed by atoms with Crippen LogP contribution in [0, 0.1) is 11.2 Å². The molecule has 0 aliphatic rings. The fraction of sp³-hybridized carbons (Fsp3) is 0.333. The number of carbonyl (C=O) groups excluding carboxylic acids is 1. The second kappa shape index (κ2) is 5.03. The van der Waals surface area contributed by atoms with Gasteiger partial charge in [0.15, 0.2) is 0 Å². The van der Waals surface area contributed by atoms with Gasteiger partial charge in [0.2, 0.25) is 0 Å². The normalized spacial score (nSPS) is 11.1. The van der Waals surface area contributed by atoms with Gasteiger partial charge in [-0.25, -0.2) is 4.39 Å². The zero-order chi connectivity index (χ0) is 13.9. The van der Waals surface area contributed by atoms with Crippen molar-refractivity contribution in [2.45, 2.75) is 13.8 Å². The molecule has 1 aromatic carbocycles. The first-order valence-electron chi connectivity index (χ1n) is 5.25. The fourth-order valence-corrected chi connectivity index (χ4v) is 1.20. The summed E-state index contributed by atoms with van der Waals surface area (Å²) in [5, 5.41) is 20.5. The van der Waals surface area contributed by atoms with Crippen molar-refractivity contribution in [3.05, 3.63) is 29.6 Å². The van der Waals surface area contributed by atoms with Crippen LogP contribution in [0.15, 0.2) is 18.2 Å². The molecule has 0 aliphatic heterocycles. The van der Waals surface area contributed by atoms with E-state index in [1.807, 2.05) is 0 Å². The molecule has 0 unspecified atom stereocenters. The summed E-state index contributed by atoms with van der Waals surface area (Å²) in [7, 11) is 0. The summed E-state index contributed by atoms with van der Waals surface area (Å²) in [6.07, 6.45) is 0. The number of rotatable bonds is 4. The molecule has 0 aliphatic carbocycles. The van der Waals surface area contributed by atoms with Gasteiger partial charge in [-0.3, -0.25) is 9.59 Å². The van der Waals surface area contributed by atoms with Gasteiger partial charge in [-0.1, -0.05) is 6.07 Å². The molecule has 18 heavy (non-hydrogen) atoms. The van der Waals surface area contributed by atoms with Gasteiger partial charge in [0, 0.05) is 6.54 Å². The Morgan fingerprint density at radius 3 is 2.50 bits per heavy atom. The first kappa shape index (κ1) is 14.0. The summed E-state index contributed by atoms with van der Waals surface area (Å²) in [5.74, 6) is -3.28. The minimum Gasteiger partial charge on any atom is -0.507 e. The van der Waals surface area contributed by atoms with Gasteiger partial charge >= 0.3 is 5.97 Å². The molecule has 0 aromatic heterocycles. The van der Waals surface area contributed by atoms with E-state index in [1.165, 1.54) is 26.0 Å². The zero-order valence-corrected chi connectivity index (χ0v) is 10.0. The molecule has 1 rings (SSSR count). The summed E-state index contributed by atoms with van der Waals surface area (Å²) in [5.41, 5.74) is -1.66. The molecular formula is C12H14FNO4. The minimum atomic E-state index is -1.17. The minimum absolute atomic E-state index is 0.172. The summed E-state index contributed by atoms with van der Waals surface area (Å²) >= 11 is 0. The van der Waals surface area contributed by atoms with Crippen molar-refractivity contribution in [1.82, 2.24) is 5.32 Å². The van der Waals surface area contributed by atoms with Gasteiger partial charge < -0.3 is 15.5 Å². The summed E-state index contributed by atoms with van der Waals surface area (Å²) in [4.78, 5) is 22.5. The predicted octanol–water partition coefficient (Wildman–Crippen LogP) is 1.37. The number of nitrogens with one attached hydrogen (secondary N) is 1. The van der Waals surface area contributed by atoms with Gasteiger partial charge in [-0.05, 0) is 26.0 Å². The highest BCUT2D eigenvalue weighted by molar-refractivity contribution is 5.97. The number of carboxylic acids is 1. The number of aliphatic carboxylic acids is 1. The van der Waals surface area contributed by atoms with E-state index in [0.29, 0.717) is 0 Å². The molecule has 5 nitrogen and oxygen atoms in total. The highest BCUT2D eigenvalue weighted by atomic mass is 19.1. The van der Waals surface area contributed by atoms with Crippen molar-refractivity contribution in [3.8, 4) is 5.75 Å². The third-order valence-electron chi connectivity index (χ3n) is 2.49. The van der Waals surface area contributed by atoms with E-state index in [2.05, 4.69) is 5.32 Å². The summed E-state index contributed by atoms with van der Waals surface area (Å²) < 4.78 is 13.3. The molecule has 98 valence electrons. The van der Waals surface area contributed by atoms with Crippen molar-refractivity contribution in [2.24, 2.45) is 5.41 Å². The largest absolute Gasteiger partial charge is 0.507 e. The third-order valence-corrected chi connectivity index (χ3v) is 2.49. The molecule has 6 heteroatoms. The van der Waals surface area contributed by atoms with E-state index in [4.69, 9.17) is 5.11 Å². The van der Waals surface area contributed by atoms with Crippen LogP contribution < -0.4 is 5.32 Å². The van der Waals surface area contributed by atoms with Crippen molar-refractivity contribution < 1.29 is 24.2 Å². The number of benzene rings is 1. The highest BCUT2D eigenvalue weighted by Gasteiger charge is 2.28. The number of phenols is 1. The maximum atomic E-state index is 13.3. The monoisotopic (exact) mass is 255 g/mol. The maximum Gasteiger partial charge on any atom is 0.310 e. The van der Waals surface area contributed by atoms with E-state index >= 15 is 0 Å². The first-order valence-corrected chi connectivity index (χ1v) is 5.25. The van der Waals surface area contributed by atoms with Crippen LogP contribution in [0.25, 0.3) is 0 Å². The number of carbonyl (C=O) groups is 2. The molecule has 0 atom stereocenters. The van der Waals surface area contributed by atoms with Crippen LogP contribution >= 0.6 is 0 Å². The molecule has 1 amide bonds. The summed E-state index contributed by atoms with van der Waals surface area (Å²) in [6.45, 7) is 2.68. The van der Waals surface area contributed by atoms with Crippen molar-refractivity contribution >= 4 is 11.9 Å². The Labute approximate surface area is 103 Å². The van der Waals surface area contributed by atoms with E-state index in [1.54, 1.807) is 0 Å². The Bertz CT molecular complexity index is 465. The number of amides is 1. The molecule has 0 radical (unpaired) electrons. The van der Waals surface area contributed by atoms with Gasteiger partial charge in [-0.15, -0.1) is 0 Å². The molecule has 0 saturated heterocycles. The van der Waals surface area contributed by atoms with Crippen LogP contribution in [0.1, 0.15) is 24.2 Å². The molecule has 3 N–H and O–H groups in total. The number of carboxylic acid groups (broad SMARTS) is 1. The molecule has 0 saturated carbocycles. The quantitative estimate of drug-likeness (QED) is 0.758. The maximum absolute atomic E-state index is 13.3. The van der Waals surface area contributed by atoms with Gasteiger partial charge in [-0.2, -0.15) is 0 Å². The Hall–Kier alpha value is -2.11. The predicted molar refractivity (Wildman–Crippen MR) is 61.8 cm³/mol. The summed E-state index contributed by atoms with van der Waals surface area (Å²) in [6, 6.07) is 3.49. The lowest BCUT2D eigenvalue weighted by Gasteiger charge is -2.19. The van der Waals surface area contributed by atoms with Gasteiger partial charge in [0.1, 0.15) is 17.1 Å². The van der Waals surface area contributed by atoms with Crippen molar-refractivity contribution in [1.29, 1.82) is 0 Å². The SMILES string of the molecule is CC(C)(CNC(=O)c1c(O)cccc1F)C(=O)O. The highest BCUT2D eigenvalue weighted by Crippen LogP contribution is 2.20. The van der Waals surface area contributed by atoms with E-state index in [-0.39, 0.29) is 6.54 Å². The van der Waals surface area contributed by atoms with Crippen LogP contribution in [-0.4, -0.2) is 28.6 Å². The fourth-order valence-electron chi connectivity index (χ4n) is 1.20. The Morgan fingerprint density at radius 1 is 1.39 bits per heavy atom. The number of halogens is 1. The first-order chi connectivity index (χ1) is 8.25. The lowest BCUT2D eigenvalue weighted by atomic mass is 9.94. The topological polar surface area (TPSA) is 86.6 Å². The average Bonchev–Trinajstić information content (AvgIpc) is 2.26. The molecule has 0 fully saturated rings. The standard InChI is InChI=1S/C12H14FNO4/c1-12(2,11(17)18)6-14-10(16)9-7(13)4-3-5-8(9)15/h3-5,15H,6H2,1-2H3,(H,14,16)(H,17,18). The Balaban J connectivity index is 2.82. The lowest BCUT2D eigenvalue weighted by molar-refractivity contribution is -0.146. The van der Waals surface area contributed by atoms with Gasteiger partial charge in [0.25, 0.3) is 5.91 Å². The van der Waals surface area contributed by atoms with Crippen LogP contribution in [-0.2, 0) is 4.79 Å². The number of hydrogen-bond donors (Lipinski definition) is 3. The lowest BCUT2D eigenvalue weighted by Crippen LogP contribution is -2.39. The smallest absolute Gasteiger partial charge is 0.310 e. The Kier molecular flexibility index (Phi) is 3.90. The zero-order valence-electron chi connectivity index (χ0n) is 10.0. The van der Waals surface area contributed by atoms with E-state index in [9.17, 15) is 19.1 Å². The second-order valence-electron chi connectivity index (χ2n) is 4.51. The average molecular weight is 255 g/mol. The van der Waals surface area contributed by atoms with Crippen LogP contribution in [0.2, 0.25) is 0 Å². The number of phenolic OH excluding ortho intramolecular Hbond substituents is 1. The van der Waals surface area contributed by atoms with Crippen LogP contribution in [0.3, 0.4) is 0 Å². The second-order valence-corrected chi connectivity index (χ2v) is 4.51.